The van der Waals surface area contributed by atoms with E-state index in [1.54, 1.807) is 0 Å². The van der Waals surface area contributed by atoms with Gasteiger partial charge in [-0.25, -0.2) is 4.98 Å². The highest BCUT2D eigenvalue weighted by molar-refractivity contribution is 6.12. The van der Waals surface area contributed by atoms with Gasteiger partial charge in [-0.2, -0.15) is 0 Å². The van der Waals surface area contributed by atoms with Crippen molar-refractivity contribution in [3.8, 4) is 11.3 Å². The Morgan fingerprint density at radius 1 is 0.967 bits per heavy atom. The fourth-order valence-corrected chi connectivity index (χ4v) is 5.33. The van der Waals surface area contributed by atoms with E-state index in [2.05, 4.69) is 69.0 Å². The molecule has 0 aliphatic heterocycles. The highest BCUT2D eigenvalue weighted by Crippen LogP contribution is 2.41. The highest BCUT2D eigenvalue weighted by Gasteiger charge is 2.23. The van der Waals surface area contributed by atoms with Crippen molar-refractivity contribution in [2.24, 2.45) is 0 Å². The van der Waals surface area contributed by atoms with E-state index in [1.807, 2.05) is 6.08 Å². The summed E-state index contributed by atoms with van der Waals surface area (Å²) in [5.74, 6) is 0. The molecule has 0 saturated heterocycles. The number of benzene rings is 3. The minimum atomic E-state index is 1.04. The molecule has 5 rings (SSSR count). The molecule has 4 aromatic rings. The van der Waals surface area contributed by atoms with Crippen molar-refractivity contribution < 1.29 is 0 Å². The number of fused-ring (bicyclic) bond motifs is 6. The van der Waals surface area contributed by atoms with Gasteiger partial charge < -0.3 is 0 Å². The molecule has 150 valence electrons. The van der Waals surface area contributed by atoms with Crippen LogP contribution in [0.15, 0.2) is 55.1 Å². The Hall–Kier alpha value is -2.93. The summed E-state index contributed by atoms with van der Waals surface area (Å²) in [6.45, 7) is 8.64. The molecule has 1 heteroatoms. The van der Waals surface area contributed by atoms with Crippen LogP contribution in [0.1, 0.15) is 54.0 Å². The predicted octanol–water partition coefficient (Wildman–Crippen LogP) is 7.84. The van der Waals surface area contributed by atoms with Crippen LogP contribution in [-0.4, -0.2) is 4.98 Å². The second-order valence-electron chi connectivity index (χ2n) is 8.61. The summed E-state index contributed by atoms with van der Waals surface area (Å²) in [5, 5.41) is 4.15. The number of rotatable bonds is 4. The van der Waals surface area contributed by atoms with Crippen molar-refractivity contribution >= 4 is 27.8 Å². The van der Waals surface area contributed by atoms with E-state index >= 15 is 0 Å². The van der Waals surface area contributed by atoms with Crippen LogP contribution in [-0.2, 0) is 19.3 Å². The normalized spacial score (nSPS) is 13.5. The topological polar surface area (TPSA) is 12.9 Å². The second kappa shape index (κ2) is 7.72. The standard InChI is InChI=1S/C29H29N/c1-4-11-24-21(5-2)28(20-13-10-12-19(3)18-20)30-29-26-17-9-7-15-23(26)22-14-6-8-16-25(22)27(24)29/h5-6,8,10,12-14,16,18H,2,4,7,9,11,15,17H2,1,3H3. The summed E-state index contributed by atoms with van der Waals surface area (Å²) >= 11 is 0. The SMILES string of the molecule is C=Cc1c(-c2cccc(C)c2)nc2c3c(c4ccccc4c2c1CCC)CCCC3. The first-order valence-corrected chi connectivity index (χ1v) is 11.3. The van der Waals surface area contributed by atoms with Crippen molar-refractivity contribution in [3.63, 3.8) is 0 Å². The molecule has 1 aliphatic rings. The minimum absolute atomic E-state index is 1.04. The van der Waals surface area contributed by atoms with Gasteiger partial charge >= 0.3 is 0 Å². The molecule has 0 fully saturated rings. The zero-order chi connectivity index (χ0) is 20.7. The smallest absolute Gasteiger partial charge is 0.0784 e. The van der Waals surface area contributed by atoms with Crippen LogP contribution >= 0.6 is 0 Å². The molecule has 1 aromatic heterocycles. The van der Waals surface area contributed by atoms with Gasteiger partial charge in [0.15, 0.2) is 0 Å². The number of nitrogens with zero attached hydrogens (tertiary/aromatic N) is 1. The molecule has 0 atom stereocenters. The lowest BCUT2D eigenvalue weighted by Crippen LogP contribution is -2.08. The van der Waals surface area contributed by atoms with Crippen LogP contribution < -0.4 is 0 Å². The zero-order valence-corrected chi connectivity index (χ0v) is 18.1. The number of aryl methyl sites for hydroxylation is 4. The van der Waals surface area contributed by atoms with Crippen LogP contribution in [0.25, 0.3) is 39.0 Å². The second-order valence-corrected chi connectivity index (χ2v) is 8.61. The van der Waals surface area contributed by atoms with E-state index in [1.165, 1.54) is 74.3 Å². The van der Waals surface area contributed by atoms with E-state index in [-0.39, 0.29) is 0 Å². The quantitative estimate of drug-likeness (QED) is 0.323. The first-order chi connectivity index (χ1) is 14.7. The summed E-state index contributed by atoms with van der Waals surface area (Å²) in [4.78, 5) is 5.39. The van der Waals surface area contributed by atoms with Crippen LogP contribution in [0.5, 0.6) is 0 Å². The monoisotopic (exact) mass is 391 g/mol. The minimum Gasteiger partial charge on any atom is -0.247 e. The van der Waals surface area contributed by atoms with E-state index < -0.39 is 0 Å². The van der Waals surface area contributed by atoms with Crippen LogP contribution in [0, 0.1) is 6.92 Å². The third-order valence-electron chi connectivity index (χ3n) is 6.61. The Kier molecular flexibility index (Phi) is 4.90. The molecule has 0 amide bonds. The first kappa shape index (κ1) is 19.1. The van der Waals surface area contributed by atoms with Crippen molar-refractivity contribution in [1.82, 2.24) is 4.98 Å². The average molecular weight is 392 g/mol. The van der Waals surface area contributed by atoms with Gasteiger partial charge in [-0.1, -0.05) is 74.0 Å². The Bertz CT molecular complexity index is 1280. The largest absolute Gasteiger partial charge is 0.247 e. The molecule has 0 saturated carbocycles. The lowest BCUT2D eigenvalue weighted by atomic mass is 9.82. The van der Waals surface area contributed by atoms with E-state index in [4.69, 9.17) is 4.98 Å². The molecule has 30 heavy (non-hydrogen) atoms. The molecule has 1 heterocycles. The van der Waals surface area contributed by atoms with Gasteiger partial charge in [-0.15, -0.1) is 0 Å². The Morgan fingerprint density at radius 3 is 2.47 bits per heavy atom. The number of hydrogen-bond donors (Lipinski definition) is 0. The fraction of sp³-hybridized carbons (Fsp3) is 0.276. The summed E-state index contributed by atoms with van der Waals surface area (Å²) in [5.41, 5.74) is 10.4. The van der Waals surface area contributed by atoms with Gasteiger partial charge in [0.25, 0.3) is 0 Å². The van der Waals surface area contributed by atoms with Crippen LogP contribution in [0.4, 0.5) is 0 Å². The molecule has 0 spiro atoms. The molecular weight excluding hydrogens is 362 g/mol. The summed E-state index contributed by atoms with van der Waals surface area (Å²) in [6, 6.07) is 17.7. The van der Waals surface area contributed by atoms with Crippen LogP contribution in [0.3, 0.4) is 0 Å². The van der Waals surface area contributed by atoms with Gasteiger partial charge in [0.1, 0.15) is 0 Å². The van der Waals surface area contributed by atoms with Gasteiger partial charge in [0, 0.05) is 16.5 Å². The van der Waals surface area contributed by atoms with E-state index in [0.717, 1.165) is 25.0 Å². The Morgan fingerprint density at radius 2 is 1.73 bits per heavy atom. The Balaban J connectivity index is 1.99. The van der Waals surface area contributed by atoms with Crippen molar-refractivity contribution in [1.29, 1.82) is 0 Å². The van der Waals surface area contributed by atoms with Crippen LogP contribution in [0.2, 0.25) is 0 Å². The molecule has 0 N–H and O–H groups in total. The van der Waals surface area contributed by atoms with Crippen molar-refractivity contribution in [2.75, 3.05) is 0 Å². The zero-order valence-electron chi connectivity index (χ0n) is 18.1. The highest BCUT2D eigenvalue weighted by atomic mass is 14.7. The van der Waals surface area contributed by atoms with Gasteiger partial charge in [-0.05, 0) is 72.6 Å². The van der Waals surface area contributed by atoms with E-state index in [9.17, 15) is 0 Å². The maximum atomic E-state index is 5.39. The number of hydrogen-bond acceptors (Lipinski definition) is 1. The fourth-order valence-electron chi connectivity index (χ4n) is 5.33. The summed E-state index contributed by atoms with van der Waals surface area (Å²) in [6.07, 6.45) is 9.02. The number of aromatic nitrogens is 1. The predicted molar refractivity (Wildman–Crippen MR) is 130 cm³/mol. The van der Waals surface area contributed by atoms with Gasteiger partial charge in [0.2, 0.25) is 0 Å². The average Bonchev–Trinajstić information content (AvgIpc) is 2.79. The third-order valence-corrected chi connectivity index (χ3v) is 6.61. The molecular formula is C29H29N. The maximum Gasteiger partial charge on any atom is 0.0784 e. The lowest BCUT2D eigenvalue weighted by molar-refractivity contribution is 0.693. The molecule has 0 bridgehead atoms. The van der Waals surface area contributed by atoms with Gasteiger partial charge in [-0.3, -0.25) is 0 Å². The first-order valence-electron chi connectivity index (χ1n) is 11.3. The van der Waals surface area contributed by atoms with Crippen molar-refractivity contribution in [3.05, 3.63) is 82.9 Å². The van der Waals surface area contributed by atoms with Crippen molar-refractivity contribution in [2.45, 2.75) is 52.4 Å². The maximum absolute atomic E-state index is 5.39. The lowest BCUT2D eigenvalue weighted by Gasteiger charge is -2.24. The molecule has 1 aliphatic carbocycles. The van der Waals surface area contributed by atoms with Gasteiger partial charge in [0.05, 0.1) is 11.2 Å². The number of pyridine rings is 1. The Labute approximate surface area is 179 Å². The third kappa shape index (κ3) is 2.96. The molecule has 1 nitrogen and oxygen atoms in total. The summed E-state index contributed by atoms with van der Waals surface area (Å²) in [7, 11) is 0. The summed E-state index contributed by atoms with van der Waals surface area (Å²) < 4.78 is 0. The molecule has 0 unspecified atom stereocenters. The molecule has 0 radical (unpaired) electrons. The molecule has 3 aromatic carbocycles. The van der Waals surface area contributed by atoms with E-state index in [0.29, 0.717) is 0 Å².